The molecule has 56 heavy (non-hydrogen) atoms. The first-order valence-corrected chi connectivity index (χ1v) is 19.2. The molecular weight excluding hydrogens is 681 g/mol. The summed E-state index contributed by atoms with van der Waals surface area (Å²) in [6, 6.07) is 66.4. The van der Waals surface area contributed by atoms with Crippen LogP contribution in [-0.4, -0.2) is 0 Å². The fourth-order valence-electron chi connectivity index (χ4n) is 9.76. The summed E-state index contributed by atoms with van der Waals surface area (Å²) < 4.78 is 13.1. The lowest BCUT2D eigenvalue weighted by atomic mass is 9.82. The van der Waals surface area contributed by atoms with E-state index in [0.717, 1.165) is 49.4 Å². The summed E-state index contributed by atoms with van der Waals surface area (Å²) in [6.07, 6.45) is 0. The van der Waals surface area contributed by atoms with Crippen LogP contribution in [0.15, 0.2) is 191 Å². The van der Waals surface area contributed by atoms with Gasteiger partial charge in [-0.15, -0.1) is 0 Å². The van der Waals surface area contributed by atoms with E-state index >= 15 is 0 Å². The maximum absolute atomic E-state index is 6.56. The van der Waals surface area contributed by atoms with E-state index < -0.39 is 0 Å². The first-order valence-electron chi connectivity index (χ1n) is 19.2. The van der Waals surface area contributed by atoms with Gasteiger partial charge < -0.3 is 8.83 Å². The fourth-order valence-corrected chi connectivity index (χ4v) is 9.76. The van der Waals surface area contributed by atoms with E-state index in [2.05, 4.69) is 170 Å². The molecule has 0 saturated carbocycles. The van der Waals surface area contributed by atoms with Gasteiger partial charge in [-0.3, -0.25) is 0 Å². The van der Waals surface area contributed by atoms with Crippen LogP contribution in [0, 0.1) is 0 Å². The number of hydrogen-bond acceptors (Lipinski definition) is 2. The molecule has 258 valence electrons. The third-order valence-electron chi connectivity index (χ3n) is 12.2. The molecule has 0 aliphatic heterocycles. The molecule has 2 heterocycles. The number of benzene rings is 11. The molecule has 0 bridgehead atoms. The predicted octanol–water partition coefficient (Wildman–Crippen LogP) is 15.7. The lowest BCUT2D eigenvalue weighted by molar-refractivity contribution is 0.663. The van der Waals surface area contributed by atoms with Crippen molar-refractivity contribution in [2.45, 2.75) is 0 Å². The molecule has 13 aromatic rings. The van der Waals surface area contributed by atoms with Gasteiger partial charge in [-0.2, -0.15) is 0 Å². The largest absolute Gasteiger partial charge is 0.456 e. The quantitative estimate of drug-likeness (QED) is 0.135. The SMILES string of the molecule is c1ccc(-c2ccc3c(-c4ccc5oc6ccc7c8ccccc8oc7c6c5c4)c4ccccc4c(-c4cc5cccc6ccc7cccc4c7c65)c3c2)cc1. The Morgan fingerprint density at radius 2 is 0.893 bits per heavy atom. The highest BCUT2D eigenvalue weighted by molar-refractivity contribution is 6.31. The maximum Gasteiger partial charge on any atom is 0.147 e. The topological polar surface area (TPSA) is 26.3 Å². The minimum Gasteiger partial charge on any atom is -0.456 e. The number of fused-ring (bicyclic) bond motifs is 9. The predicted molar refractivity (Wildman–Crippen MR) is 236 cm³/mol. The van der Waals surface area contributed by atoms with Gasteiger partial charge in [0.1, 0.15) is 22.3 Å². The molecule has 0 fully saturated rings. The monoisotopic (exact) mass is 710 g/mol. The highest BCUT2D eigenvalue weighted by Gasteiger charge is 2.22. The highest BCUT2D eigenvalue weighted by Crippen LogP contribution is 2.49. The second kappa shape index (κ2) is 11.1. The molecule has 13 rings (SSSR count). The smallest absolute Gasteiger partial charge is 0.147 e. The van der Waals surface area contributed by atoms with Gasteiger partial charge in [-0.1, -0.05) is 140 Å². The van der Waals surface area contributed by atoms with Gasteiger partial charge in [0, 0.05) is 16.2 Å². The lowest BCUT2D eigenvalue weighted by Gasteiger charge is -2.21. The van der Waals surface area contributed by atoms with Crippen LogP contribution in [-0.2, 0) is 0 Å². The average molecular weight is 711 g/mol. The van der Waals surface area contributed by atoms with E-state index in [1.807, 2.05) is 12.1 Å². The molecule has 0 saturated heterocycles. The summed E-state index contributed by atoms with van der Waals surface area (Å²) in [6.45, 7) is 0. The van der Waals surface area contributed by atoms with Crippen molar-refractivity contribution in [2.75, 3.05) is 0 Å². The molecule has 0 unspecified atom stereocenters. The third-order valence-corrected chi connectivity index (χ3v) is 12.2. The van der Waals surface area contributed by atoms with Crippen LogP contribution < -0.4 is 0 Å². The van der Waals surface area contributed by atoms with E-state index in [1.54, 1.807) is 0 Å². The molecule has 11 aromatic carbocycles. The zero-order valence-corrected chi connectivity index (χ0v) is 30.1. The molecule has 0 aliphatic rings. The molecule has 0 amide bonds. The van der Waals surface area contributed by atoms with Gasteiger partial charge in [0.25, 0.3) is 0 Å². The van der Waals surface area contributed by atoms with Crippen LogP contribution in [0.25, 0.3) is 131 Å². The van der Waals surface area contributed by atoms with Crippen molar-refractivity contribution in [3.63, 3.8) is 0 Å². The van der Waals surface area contributed by atoms with E-state index in [1.165, 1.54) is 81.7 Å². The van der Waals surface area contributed by atoms with Crippen LogP contribution in [0.1, 0.15) is 0 Å². The number of hydrogen-bond donors (Lipinski definition) is 0. The second-order valence-corrected chi connectivity index (χ2v) is 15.1. The van der Waals surface area contributed by atoms with Gasteiger partial charge in [0.05, 0.1) is 5.39 Å². The van der Waals surface area contributed by atoms with Crippen molar-refractivity contribution >= 4 is 97.7 Å². The Balaban J connectivity index is 1.17. The van der Waals surface area contributed by atoms with Gasteiger partial charge in [0.2, 0.25) is 0 Å². The molecule has 0 radical (unpaired) electrons. The molecule has 2 nitrogen and oxygen atoms in total. The van der Waals surface area contributed by atoms with Crippen molar-refractivity contribution in [1.82, 2.24) is 0 Å². The summed E-state index contributed by atoms with van der Waals surface area (Å²) >= 11 is 0. The summed E-state index contributed by atoms with van der Waals surface area (Å²) in [4.78, 5) is 0. The van der Waals surface area contributed by atoms with Crippen LogP contribution in [0.3, 0.4) is 0 Å². The van der Waals surface area contributed by atoms with E-state index in [4.69, 9.17) is 8.83 Å². The standard InChI is InChI=1S/C54H30O2/c1-2-10-31(11-3-1)34-22-24-41-43(28-34)52(44-29-35-14-8-12-32-20-21-33-13-9-18-40(44)51(33)49(32)35)39-17-5-4-16-38(39)50(41)36-23-26-47-45(30-36)53-48(55-47)27-25-42-37-15-6-7-19-46(37)56-54(42)53/h1-30H. The van der Waals surface area contributed by atoms with Crippen LogP contribution in [0.5, 0.6) is 0 Å². The first-order chi connectivity index (χ1) is 27.8. The second-order valence-electron chi connectivity index (χ2n) is 15.1. The Kier molecular flexibility index (Phi) is 5.92. The summed E-state index contributed by atoms with van der Waals surface area (Å²) in [7, 11) is 0. The van der Waals surface area contributed by atoms with Crippen molar-refractivity contribution in [2.24, 2.45) is 0 Å². The minimum atomic E-state index is 0.829. The van der Waals surface area contributed by atoms with Crippen LogP contribution in [0.4, 0.5) is 0 Å². The zero-order chi connectivity index (χ0) is 36.5. The Bertz CT molecular complexity index is 3750. The van der Waals surface area contributed by atoms with Crippen LogP contribution >= 0.6 is 0 Å². The molecule has 2 heteroatoms. The van der Waals surface area contributed by atoms with Gasteiger partial charge in [-0.25, -0.2) is 0 Å². The zero-order valence-electron chi connectivity index (χ0n) is 30.1. The van der Waals surface area contributed by atoms with Gasteiger partial charge in [0.15, 0.2) is 0 Å². The fraction of sp³-hybridized carbons (Fsp3) is 0. The average Bonchev–Trinajstić information content (AvgIpc) is 3.83. The van der Waals surface area contributed by atoms with E-state index in [9.17, 15) is 0 Å². The van der Waals surface area contributed by atoms with Crippen molar-refractivity contribution in [3.8, 4) is 33.4 Å². The van der Waals surface area contributed by atoms with E-state index in [0.29, 0.717) is 0 Å². The van der Waals surface area contributed by atoms with Crippen molar-refractivity contribution in [1.29, 1.82) is 0 Å². The minimum absolute atomic E-state index is 0.829. The summed E-state index contributed by atoms with van der Waals surface area (Å²) in [5.41, 5.74) is 10.7. The molecule has 0 N–H and O–H groups in total. The third kappa shape index (κ3) is 4.05. The van der Waals surface area contributed by atoms with Gasteiger partial charge in [-0.05, 0) is 130 Å². The summed E-state index contributed by atoms with van der Waals surface area (Å²) in [5, 5.41) is 16.9. The Labute approximate surface area is 320 Å². The molecule has 0 spiro atoms. The number of para-hydroxylation sites is 1. The first kappa shape index (κ1) is 30.0. The maximum atomic E-state index is 6.56. The lowest BCUT2D eigenvalue weighted by Crippen LogP contribution is -1.94. The van der Waals surface area contributed by atoms with E-state index in [-0.39, 0.29) is 0 Å². The molecule has 2 aromatic heterocycles. The summed E-state index contributed by atoms with van der Waals surface area (Å²) in [5.74, 6) is 0. The van der Waals surface area contributed by atoms with Gasteiger partial charge >= 0.3 is 0 Å². The normalized spacial score (nSPS) is 12.3. The molecular formula is C54H30O2. The number of furan rings is 2. The number of rotatable bonds is 3. The Morgan fingerprint density at radius 3 is 1.77 bits per heavy atom. The van der Waals surface area contributed by atoms with Crippen molar-refractivity contribution < 1.29 is 8.83 Å². The molecule has 0 aliphatic carbocycles. The highest BCUT2D eigenvalue weighted by atomic mass is 16.3. The molecule has 0 atom stereocenters. The Morgan fingerprint density at radius 1 is 0.268 bits per heavy atom. The van der Waals surface area contributed by atoms with Crippen molar-refractivity contribution in [3.05, 3.63) is 182 Å². The Hall–Kier alpha value is -7.42. The van der Waals surface area contributed by atoms with Crippen LogP contribution in [0.2, 0.25) is 0 Å².